The number of amides is 1. The van der Waals surface area contributed by atoms with Crippen LogP contribution in [0.3, 0.4) is 0 Å². The minimum absolute atomic E-state index is 0.257. The molecule has 0 bridgehead atoms. The zero-order valence-corrected chi connectivity index (χ0v) is 16.7. The Morgan fingerprint density at radius 3 is 2.38 bits per heavy atom. The second-order valence-electron chi connectivity index (χ2n) is 6.61. The maximum absolute atomic E-state index is 12.6. The molecule has 1 amide bonds. The number of carbonyl (C=O) groups is 2. The van der Waals surface area contributed by atoms with Gasteiger partial charge in [-0.3, -0.25) is 4.79 Å². The van der Waals surface area contributed by atoms with Gasteiger partial charge >= 0.3 is 5.97 Å². The maximum Gasteiger partial charge on any atom is 0.341 e. The van der Waals surface area contributed by atoms with Gasteiger partial charge in [-0.25, -0.2) is 4.79 Å². The summed E-state index contributed by atoms with van der Waals surface area (Å²) in [6, 6.07) is 4.96. The molecule has 0 radical (unpaired) electrons. The van der Waals surface area contributed by atoms with Gasteiger partial charge in [0.25, 0.3) is 5.91 Å². The summed E-state index contributed by atoms with van der Waals surface area (Å²) in [5, 5.41) is 2.82. The van der Waals surface area contributed by atoms with Gasteiger partial charge in [0.2, 0.25) is 0 Å². The monoisotopic (exact) mass is 365 g/mol. The average molecular weight is 365 g/mol. The van der Waals surface area contributed by atoms with Crippen molar-refractivity contribution in [1.29, 1.82) is 0 Å². The van der Waals surface area contributed by atoms with Crippen LogP contribution in [0.5, 0.6) is 5.75 Å². The first-order chi connectivity index (χ1) is 12.3. The number of ether oxygens (including phenoxy) is 3. The highest BCUT2D eigenvalue weighted by molar-refractivity contribution is 5.99. The highest BCUT2D eigenvalue weighted by atomic mass is 16.5. The topological polar surface area (TPSA) is 73.9 Å². The fourth-order valence-electron chi connectivity index (χ4n) is 2.27. The summed E-state index contributed by atoms with van der Waals surface area (Å²) in [7, 11) is 0. The van der Waals surface area contributed by atoms with Crippen molar-refractivity contribution in [3.8, 4) is 5.75 Å². The molecule has 0 heterocycles. The SMILES string of the molecule is CCOC(=O)c1cc(NC(=O)C(C)(CC)OCC)ccc1OCC(C)C. The van der Waals surface area contributed by atoms with Crippen LogP contribution < -0.4 is 10.1 Å². The van der Waals surface area contributed by atoms with E-state index in [1.54, 1.807) is 32.0 Å². The predicted molar refractivity (Wildman–Crippen MR) is 102 cm³/mol. The van der Waals surface area contributed by atoms with E-state index in [1.807, 2.05) is 27.7 Å². The smallest absolute Gasteiger partial charge is 0.341 e. The first-order valence-corrected chi connectivity index (χ1v) is 9.16. The van der Waals surface area contributed by atoms with Gasteiger partial charge in [0, 0.05) is 12.3 Å². The van der Waals surface area contributed by atoms with Crippen molar-refractivity contribution >= 4 is 17.6 Å². The van der Waals surface area contributed by atoms with Crippen molar-refractivity contribution in [2.24, 2.45) is 5.92 Å². The summed E-state index contributed by atoms with van der Waals surface area (Å²) in [5.74, 6) is 0.0250. The van der Waals surface area contributed by atoms with Crippen LogP contribution in [0.1, 0.15) is 58.3 Å². The summed E-state index contributed by atoms with van der Waals surface area (Å²) in [5.41, 5.74) is -0.139. The van der Waals surface area contributed by atoms with Crippen molar-refractivity contribution < 1.29 is 23.8 Å². The van der Waals surface area contributed by atoms with E-state index in [0.29, 0.717) is 42.6 Å². The van der Waals surface area contributed by atoms with Gasteiger partial charge in [-0.15, -0.1) is 0 Å². The van der Waals surface area contributed by atoms with Gasteiger partial charge in [0.15, 0.2) is 0 Å². The third-order valence-electron chi connectivity index (χ3n) is 3.92. The third kappa shape index (κ3) is 6.02. The number of benzene rings is 1. The highest BCUT2D eigenvalue weighted by Crippen LogP contribution is 2.26. The zero-order valence-electron chi connectivity index (χ0n) is 16.7. The molecular weight excluding hydrogens is 334 g/mol. The molecule has 1 aromatic rings. The fraction of sp³-hybridized carbons (Fsp3) is 0.600. The second kappa shape index (κ2) is 10.2. The molecule has 146 valence electrons. The molecule has 1 aromatic carbocycles. The molecule has 1 atom stereocenters. The number of esters is 1. The normalized spacial score (nSPS) is 13.2. The van der Waals surface area contributed by atoms with Gasteiger partial charge in [-0.1, -0.05) is 20.8 Å². The maximum atomic E-state index is 12.6. The zero-order chi connectivity index (χ0) is 19.7. The number of hydrogen-bond acceptors (Lipinski definition) is 5. The lowest BCUT2D eigenvalue weighted by molar-refractivity contribution is -0.139. The molecule has 0 aliphatic carbocycles. The van der Waals surface area contributed by atoms with Crippen molar-refractivity contribution in [3.05, 3.63) is 23.8 Å². The van der Waals surface area contributed by atoms with Crippen LogP contribution >= 0.6 is 0 Å². The average Bonchev–Trinajstić information content (AvgIpc) is 2.60. The highest BCUT2D eigenvalue weighted by Gasteiger charge is 2.32. The summed E-state index contributed by atoms with van der Waals surface area (Å²) < 4.78 is 16.4. The lowest BCUT2D eigenvalue weighted by Crippen LogP contribution is -2.42. The van der Waals surface area contributed by atoms with E-state index in [0.717, 1.165) is 0 Å². The molecule has 1 rings (SSSR count). The van der Waals surface area contributed by atoms with E-state index < -0.39 is 11.6 Å². The molecule has 1 unspecified atom stereocenters. The van der Waals surface area contributed by atoms with Gasteiger partial charge in [-0.05, 0) is 51.3 Å². The van der Waals surface area contributed by atoms with Crippen LogP contribution in [-0.2, 0) is 14.3 Å². The van der Waals surface area contributed by atoms with Crippen LogP contribution in [0.2, 0.25) is 0 Å². The van der Waals surface area contributed by atoms with E-state index in [9.17, 15) is 9.59 Å². The summed E-state index contributed by atoms with van der Waals surface area (Å²) in [4.78, 5) is 24.8. The van der Waals surface area contributed by atoms with E-state index >= 15 is 0 Å². The molecule has 0 aliphatic heterocycles. The van der Waals surface area contributed by atoms with E-state index in [-0.39, 0.29) is 12.5 Å². The molecule has 6 heteroatoms. The number of anilines is 1. The van der Waals surface area contributed by atoms with Gasteiger partial charge in [-0.2, -0.15) is 0 Å². The Kier molecular flexibility index (Phi) is 8.58. The molecule has 0 saturated carbocycles. The molecule has 0 spiro atoms. The first kappa shape index (κ1) is 22.0. The van der Waals surface area contributed by atoms with E-state index in [2.05, 4.69) is 5.32 Å². The Hall–Kier alpha value is -2.08. The standard InChI is InChI=1S/C20H31NO5/c1-7-20(6,26-9-3)19(23)21-15-10-11-17(25-13-14(4)5)16(12-15)18(22)24-8-2/h10-12,14H,7-9,13H2,1-6H3,(H,21,23). The molecular formula is C20H31NO5. The first-order valence-electron chi connectivity index (χ1n) is 9.16. The quantitative estimate of drug-likeness (QED) is 0.633. The molecule has 6 nitrogen and oxygen atoms in total. The van der Waals surface area contributed by atoms with E-state index in [1.165, 1.54) is 0 Å². The van der Waals surface area contributed by atoms with Crippen molar-refractivity contribution in [2.45, 2.75) is 53.6 Å². The number of rotatable bonds is 10. The number of nitrogens with one attached hydrogen (secondary N) is 1. The summed E-state index contributed by atoms with van der Waals surface area (Å²) in [6.45, 7) is 12.5. The Morgan fingerprint density at radius 1 is 1.15 bits per heavy atom. The number of hydrogen-bond donors (Lipinski definition) is 1. The van der Waals surface area contributed by atoms with Crippen molar-refractivity contribution in [1.82, 2.24) is 0 Å². The second-order valence-corrected chi connectivity index (χ2v) is 6.61. The Morgan fingerprint density at radius 2 is 1.85 bits per heavy atom. The third-order valence-corrected chi connectivity index (χ3v) is 3.92. The lowest BCUT2D eigenvalue weighted by Gasteiger charge is -2.27. The van der Waals surface area contributed by atoms with Gasteiger partial charge in [0.05, 0.1) is 13.2 Å². The van der Waals surface area contributed by atoms with Crippen LogP contribution in [0, 0.1) is 5.92 Å². The van der Waals surface area contributed by atoms with Crippen LogP contribution in [0.25, 0.3) is 0 Å². The molecule has 0 fully saturated rings. The molecule has 1 N–H and O–H groups in total. The molecule has 0 saturated heterocycles. The van der Waals surface area contributed by atoms with Crippen LogP contribution in [0.4, 0.5) is 5.69 Å². The minimum atomic E-state index is -0.925. The minimum Gasteiger partial charge on any atom is -0.492 e. The fourth-order valence-corrected chi connectivity index (χ4v) is 2.27. The Balaban J connectivity index is 3.07. The molecule has 0 aliphatic rings. The van der Waals surface area contributed by atoms with Gasteiger partial charge in [0.1, 0.15) is 16.9 Å². The Labute approximate surface area is 156 Å². The largest absolute Gasteiger partial charge is 0.492 e. The van der Waals surface area contributed by atoms with Crippen LogP contribution in [0.15, 0.2) is 18.2 Å². The summed E-state index contributed by atoms with van der Waals surface area (Å²) >= 11 is 0. The number of carbonyl (C=O) groups excluding carboxylic acids is 2. The molecule has 0 aromatic heterocycles. The molecule has 26 heavy (non-hydrogen) atoms. The summed E-state index contributed by atoms with van der Waals surface area (Å²) in [6.07, 6.45) is 0.535. The van der Waals surface area contributed by atoms with Gasteiger partial charge < -0.3 is 19.5 Å². The van der Waals surface area contributed by atoms with Crippen LogP contribution in [-0.4, -0.2) is 37.3 Å². The van der Waals surface area contributed by atoms with Crippen molar-refractivity contribution in [3.63, 3.8) is 0 Å². The predicted octanol–water partition coefficient (Wildman–Crippen LogP) is 4.04. The lowest BCUT2D eigenvalue weighted by atomic mass is 10.0. The van der Waals surface area contributed by atoms with E-state index in [4.69, 9.17) is 14.2 Å². The van der Waals surface area contributed by atoms with Crippen molar-refractivity contribution in [2.75, 3.05) is 25.1 Å². The Bertz CT molecular complexity index is 614.